The number of hydrogen-bond acceptors (Lipinski definition) is 5. The van der Waals surface area contributed by atoms with E-state index in [1.165, 1.54) is 16.2 Å². The number of nitrogens with zero attached hydrogens (tertiary/aromatic N) is 1. The maximum Gasteiger partial charge on any atom is 0.226 e. The van der Waals surface area contributed by atoms with Gasteiger partial charge in [0, 0.05) is 28.0 Å². The first-order valence-corrected chi connectivity index (χ1v) is 11.4. The summed E-state index contributed by atoms with van der Waals surface area (Å²) in [6.45, 7) is 0. The second kappa shape index (κ2) is 10.1. The Kier molecular flexibility index (Phi) is 6.79. The van der Waals surface area contributed by atoms with E-state index in [2.05, 4.69) is 10.3 Å². The van der Waals surface area contributed by atoms with Crippen molar-refractivity contribution < 1.29 is 9.53 Å². The van der Waals surface area contributed by atoms with Crippen molar-refractivity contribution in [2.24, 2.45) is 0 Å². The molecule has 3 aromatic carbocycles. The topological polar surface area (TPSA) is 51.2 Å². The quantitative estimate of drug-likeness (QED) is 0.314. The van der Waals surface area contributed by atoms with Crippen LogP contribution in [-0.4, -0.2) is 16.6 Å². The highest BCUT2D eigenvalue weighted by Gasteiger charge is 2.09. The second-order valence-corrected chi connectivity index (χ2v) is 8.46. The zero-order valence-corrected chi connectivity index (χ0v) is 17.8. The van der Waals surface area contributed by atoms with Crippen molar-refractivity contribution >= 4 is 34.1 Å². The van der Waals surface area contributed by atoms with Crippen LogP contribution in [0, 0.1) is 0 Å². The number of rotatable bonds is 8. The molecule has 6 heteroatoms. The molecule has 4 nitrogen and oxygen atoms in total. The lowest BCUT2D eigenvalue weighted by molar-refractivity contribution is -0.115. The fourth-order valence-electron chi connectivity index (χ4n) is 2.74. The Morgan fingerprint density at radius 3 is 2.30 bits per heavy atom. The van der Waals surface area contributed by atoms with Gasteiger partial charge < -0.3 is 10.1 Å². The maximum atomic E-state index is 12.2. The summed E-state index contributed by atoms with van der Waals surface area (Å²) in [6, 6.07) is 27.5. The van der Waals surface area contributed by atoms with Gasteiger partial charge in [0.05, 0.1) is 5.69 Å². The number of thioether (sulfide) groups is 1. The van der Waals surface area contributed by atoms with Crippen LogP contribution in [0.2, 0.25) is 0 Å². The van der Waals surface area contributed by atoms with Crippen molar-refractivity contribution in [3.8, 4) is 22.8 Å². The average molecular weight is 433 g/mol. The lowest BCUT2D eigenvalue weighted by Gasteiger charge is -2.06. The van der Waals surface area contributed by atoms with Gasteiger partial charge in [-0.25, -0.2) is 4.98 Å². The number of hydrogen-bond donors (Lipinski definition) is 1. The molecule has 0 radical (unpaired) electrons. The van der Waals surface area contributed by atoms with E-state index >= 15 is 0 Å². The summed E-state index contributed by atoms with van der Waals surface area (Å²) >= 11 is 3.10. The molecular formula is C24H20N2O2S2. The van der Waals surface area contributed by atoms with E-state index in [0.29, 0.717) is 11.6 Å². The Labute approximate surface area is 184 Å². The molecule has 4 aromatic rings. The molecule has 150 valence electrons. The first-order valence-electron chi connectivity index (χ1n) is 9.53. The molecule has 0 saturated carbocycles. The van der Waals surface area contributed by atoms with Crippen LogP contribution in [0.1, 0.15) is 6.42 Å². The summed E-state index contributed by atoms with van der Waals surface area (Å²) in [5.41, 5.74) is 1.81. The number of carbonyl (C=O) groups is 1. The highest BCUT2D eigenvalue weighted by Crippen LogP contribution is 2.28. The average Bonchev–Trinajstić information content (AvgIpc) is 3.24. The Hall–Kier alpha value is -3.09. The maximum absolute atomic E-state index is 12.2. The van der Waals surface area contributed by atoms with Crippen molar-refractivity contribution in [1.82, 2.24) is 4.98 Å². The SMILES string of the molecule is O=C(CCSc1ccccc1)Nc1nc(-c2ccc(Oc3ccccc3)cc2)cs1. The summed E-state index contributed by atoms with van der Waals surface area (Å²) in [4.78, 5) is 17.9. The van der Waals surface area contributed by atoms with Gasteiger partial charge in [-0.05, 0) is 48.5 Å². The number of amides is 1. The van der Waals surface area contributed by atoms with Crippen molar-refractivity contribution in [3.05, 3.63) is 90.3 Å². The van der Waals surface area contributed by atoms with Gasteiger partial charge in [0.1, 0.15) is 11.5 Å². The Morgan fingerprint density at radius 1 is 0.900 bits per heavy atom. The number of nitrogens with one attached hydrogen (secondary N) is 1. The minimum atomic E-state index is -0.0223. The summed E-state index contributed by atoms with van der Waals surface area (Å²) < 4.78 is 5.82. The lowest BCUT2D eigenvalue weighted by atomic mass is 10.2. The molecule has 30 heavy (non-hydrogen) atoms. The molecule has 0 fully saturated rings. The molecule has 0 aliphatic carbocycles. The molecule has 0 bridgehead atoms. The smallest absolute Gasteiger partial charge is 0.226 e. The van der Waals surface area contributed by atoms with Crippen molar-refractivity contribution in [1.29, 1.82) is 0 Å². The zero-order chi connectivity index (χ0) is 20.6. The summed E-state index contributed by atoms with van der Waals surface area (Å²) in [6.07, 6.45) is 0.444. The van der Waals surface area contributed by atoms with Gasteiger partial charge in [0.25, 0.3) is 0 Å². The fraction of sp³-hybridized carbons (Fsp3) is 0.0833. The van der Waals surface area contributed by atoms with Crippen molar-refractivity contribution in [2.75, 3.05) is 11.1 Å². The molecule has 1 aromatic heterocycles. The first kappa shape index (κ1) is 20.2. The molecule has 0 aliphatic rings. The number of benzene rings is 3. The molecule has 1 heterocycles. The summed E-state index contributed by atoms with van der Waals surface area (Å²) in [5, 5.41) is 5.45. The van der Waals surface area contributed by atoms with E-state index in [4.69, 9.17) is 4.74 Å². The molecular weight excluding hydrogens is 412 g/mol. The highest BCUT2D eigenvalue weighted by molar-refractivity contribution is 7.99. The number of ether oxygens (including phenoxy) is 1. The Morgan fingerprint density at radius 2 is 1.57 bits per heavy atom. The van der Waals surface area contributed by atoms with Crippen LogP contribution in [0.3, 0.4) is 0 Å². The fourth-order valence-corrected chi connectivity index (χ4v) is 4.35. The number of thiazole rings is 1. The molecule has 0 atom stereocenters. The molecule has 1 N–H and O–H groups in total. The van der Waals surface area contributed by atoms with Crippen LogP contribution in [0.4, 0.5) is 5.13 Å². The predicted octanol–water partition coefficient (Wildman–Crippen LogP) is 6.72. The van der Waals surface area contributed by atoms with Gasteiger partial charge in [0.15, 0.2) is 5.13 Å². The molecule has 0 spiro atoms. The second-order valence-electron chi connectivity index (χ2n) is 6.44. The van der Waals surface area contributed by atoms with E-state index in [-0.39, 0.29) is 5.91 Å². The van der Waals surface area contributed by atoms with E-state index in [0.717, 1.165) is 28.5 Å². The van der Waals surface area contributed by atoms with Crippen LogP contribution in [0.15, 0.2) is 95.2 Å². The first-order chi connectivity index (χ1) is 14.8. The number of para-hydroxylation sites is 1. The largest absolute Gasteiger partial charge is 0.457 e. The molecule has 4 rings (SSSR count). The van der Waals surface area contributed by atoms with Crippen molar-refractivity contribution in [3.63, 3.8) is 0 Å². The van der Waals surface area contributed by atoms with E-state index in [1.807, 2.05) is 90.3 Å². The molecule has 0 saturated heterocycles. The van der Waals surface area contributed by atoms with Gasteiger partial charge in [-0.2, -0.15) is 0 Å². The number of aromatic nitrogens is 1. The summed E-state index contributed by atoms with van der Waals surface area (Å²) in [7, 11) is 0. The normalized spacial score (nSPS) is 10.5. The predicted molar refractivity (Wildman–Crippen MR) is 124 cm³/mol. The van der Waals surface area contributed by atoms with Crippen molar-refractivity contribution in [2.45, 2.75) is 11.3 Å². The highest BCUT2D eigenvalue weighted by atomic mass is 32.2. The van der Waals surface area contributed by atoms with Gasteiger partial charge in [-0.3, -0.25) is 4.79 Å². The third-order valence-electron chi connectivity index (χ3n) is 4.22. The van der Waals surface area contributed by atoms with E-state index in [1.54, 1.807) is 11.8 Å². The lowest BCUT2D eigenvalue weighted by Crippen LogP contribution is -2.11. The van der Waals surface area contributed by atoms with Gasteiger partial charge in [-0.1, -0.05) is 36.4 Å². The Bertz CT molecular complexity index is 1080. The third kappa shape index (κ3) is 5.72. The van der Waals surface area contributed by atoms with Crippen LogP contribution >= 0.6 is 23.1 Å². The number of anilines is 1. The standard InChI is InChI=1S/C24H20N2O2S2/c27-23(15-16-29-21-9-5-2-6-10-21)26-24-25-22(17-30-24)18-11-13-20(14-12-18)28-19-7-3-1-4-8-19/h1-14,17H,15-16H2,(H,25,26,27). The van der Waals surface area contributed by atoms with Gasteiger partial charge in [-0.15, -0.1) is 23.1 Å². The third-order valence-corrected chi connectivity index (χ3v) is 5.99. The monoisotopic (exact) mass is 432 g/mol. The molecule has 1 amide bonds. The molecule has 0 unspecified atom stereocenters. The van der Waals surface area contributed by atoms with E-state index in [9.17, 15) is 4.79 Å². The Balaban J connectivity index is 1.29. The minimum Gasteiger partial charge on any atom is -0.457 e. The van der Waals surface area contributed by atoms with Crippen LogP contribution in [-0.2, 0) is 4.79 Å². The summed E-state index contributed by atoms with van der Waals surface area (Å²) in [5.74, 6) is 2.28. The van der Waals surface area contributed by atoms with Gasteiger partial charge in [0.2, 0.25) is 5.91 Å². The van der Waals surface area contributed by atoms with Crippen LogP contribution in [0.25, 0.3) is 11.3 Å². The zero-order valence-electron chi connectivity index (χ0n) is 16.2. The van der Waals surface area contributed by atoms with Crippen LogP contribution < -0.4 is 10.1 Å². The van der Waals surface area contributed by atoms with E-state index < -0.39 is 0 Å². The minimum absolute atomic E-state index is 0.0223. The molecule has 0 aliphatic heterocycles. The van der Waals surface area contributed by atoms with Gasteiger partial charge >= 0.3 is 0 Å². The number of carbonyl (C=O) groups excluding carboxylic acids is 1. The van der Waals surface area contributed by atoms with Crippen LogP contribution in [0.5, 0.6) is 11.5 Å².